The highest BCUT2D eigenvalue weighted by molar-refractivity contribution is 5.06. The number of nitrogens with zero attached hydrogens (tertiary/aromatic N) is 1. The summed E-state index contributed by atoms with van der Waals surface area (Å²) in [6.45, 7) is 5.34. The van der Waals surface area contributed by atoms with Gasteiger partial charge in [0, 0.05) is 18.6 Å². The van der Waals surface area contributed by atoms with Crippen LogP contribution in [0.5, 0.6) is 0 Å². The smallest absolute Gasteiger partial charge is 0.0834 e. The topological polar surface area (TPSA) is 23.1 Å². The summed E-state index contributed by atoms with van der Waals surface area (Å²) in [7, 11) is 0. The maximum absolute atomic E-state index is 10.3. The highest BCUT2D eigenvalue weighted by Gasteiger charge is 2.20. The van der Waals surface area contributed by atoms with Crippen molar-refractivity contribution in [3.8, 4) is 0 Å². The van der Waals surface area contributed by atoms with Gasteiger partial charge in [-0.1, -0.05) is 12.2 Å². The SMILES string of the molecule is CC1C=CC(C)N1CCC[O]. The third kappa shape index (κ3) is 2.04. The molecule has 0 fully saturated rings. The molecule has 0 saturated carbocycles. The molecule has 0 spiro atoms. The van der Waals surface area contributed by atoms with Gasteiger partial charge in [-0.2, -0.15) is 0 Å². The van der Waals surface area contributed by atoms with E-state index >= 15 is 0 Å². The van der Waals surface area contributed by atoms with Crippen LogP contribution in [0.3, 0.4) is 0 Å². The minimum atomic E-state index is 0.0515. The summed E-state index contributed by atoms with van der Waals surface area (Å²) in [6, 6.07) is 1.05. The Morgan fingerprint density at radius 3 is 2.27 bits per heavy atom. The van der Waals surface area contributed by atoms with Gasteiger partial charge in [0.1, 0.15) is 0 Å². The zero-order valence-electron chi connectivity index (χ0n) is 7.29. The van der Waals surface area contributed by atoms with Crippen molar-refractivity contribution in [2.45, 2.75) is 32.4 Å². The summed E-state index contributed by atoms with van der Waals surface area (Å²) in [6.07, 6.45) is 5.18. The number of hydrogen-bond acceptors (Lipinski definition) is 1. The standard InChI is InChI=1S/C9H16NO/c1-8-4-5-9(2)10(8)6-3-7-11/h4-5,8-9H,3,6-7H2,1-2H3. The van der Waals surface area contributed by atoms with Gasteiger partial charge in [-0.15, -0.1) is 0 Å². The van der Waals surface area contributed by atoms with E-state index in [0.29, 0.717) is 12.1 Å². The predicted molar refractivity (Wildman–Crippen MR) is 44.9 cm³/mol. The van der Waals surface area contributed by atoms with E-state index in [1.54, 1.807) is 0 Å². The maximum atomic E-state index is 10.3. The van der Waals surface area contributed by atoms with Gasteiger partial charge in [-0.05, 0) is 20.3 Å². The molecule has 1 heterocycles. The van der Waals surface area contributed by atoms with E-state index in [4.69, 9.17) is 0 Å². The molecule has 0 bridgehead atoms. The molecule has 1 aliphatic rings. The van der Waals surface area contributed by atoms with Crippen LogP contribution < -0.4 is 0 Å². The lowest BCUT2D eigenvalue weighted by Gasteiger charge is -2.25. The van der Waals surface area contributed by atoms with Gasteiger partial charge < -0.3 is 0 Å². The largest absolute Gasteiger partial charge is 0.291 e. The Bertz CT molecular complexity index is 132. The lowest BCUT2D eigenvalue weighted by Crippen LogP contribution is -2.34. The molecule has 2 nitrogen and oxygen atoms in total. The molecule has 2 unspecified atom stereocenters. The number of hydrogen-bond donors (Lipinski definition) is 0. The summed E-state index contributed by atoms with van der Waals surface area (Å²) in [4.78, 5) is 2.35. The van der Waals surface area contributed by atoms with Crippen molar-refractivity contribution >= 4 is 0 Å². The highest BCUT2D eigenvalue weighted by Crippen LogP contribution is 2.15. The van der Waals surface area contributed by atoms with Gasteiger partial charge in [0.05, 0.1) is 6.61 Å². The third-order valence-electron chi connectivity index (χ3n) is 2.28. The fourth-order valence-electron chi connectivity index (χ4n) is 1.57. The third-order valence-corrected chi connectivity index (χ3v) is 2.28. The van der Waals surface area contributed by atoms with Crippen LogP contribution in [-0.4, -0.2) is 30.1 Å². The van der Waals surface area contributed by atoms with Gasteiger partial charge in [-0.3, -0.25) is 4.90 Å². The zero-order chi connectivity index (χ0) is 8.27. The van der Waals surface area contributed by atoms with Crippen molar-refractivity contribution in [3.63, 3.8) is 0 Å². The fraction of sp³-hybridized carbons (Fsp3) is 0.778. The molecule has 2 heteroatoms. The Hall–Kier alpha value is -0.340. The Labute approximate surface area is 68.5 Å². The normalized spacial score (nSPS) is 31.5. The molecule has 1 aliphatic heterocycles. The summed E-state index contributed by atoms with van der Waals surface area (Å²) < 4.78 is 0. The van der Waals surface area contributed by atoms with Crippen LogP contribution in [0.25, 0.3) is 0 Å². The van der Waals surface area contributed by atoms with Crippen molar-refractivity contribution in [3.05, 3.63) is 12.2 Å². The minimum absolute atomic E-state index is 0.0515. The Morgan fingerprint density at radius 2 is 1.82 bits per heavy atom. The molecule has 0 aromatic carbocycles. The molecular formula is C9H16NO. The summed E-state index contributed by atoms with van der Waals surface area (Å²) in [5.41, 5.74) is 0. The quantitative estimate of drug-likeness (QED) is 0.564. The van der Waals surface area contributed by atoms with Crippen LogP contribution in [0.1, 0.15) is 20.3 Å². The van der Waals surface area contributed by atoms with Crippen LogP contribution in [0.2, 0.25) is 0 Å². The molecule has 0 aromatic rings. The van der Waals surface area contributed by atoms with Crippen molar-refractivity contribution < 1.29 is 5.11 Å². The molecular weight excluding hydrogens is 138 g/mol. The Balaban J connectivity index is 2.33. The first-order valence-corrected chi connectivity index (χ1v) is 4.28. The summed E-state index contributed by atoms with van der Waals surface area (Å²) in [5.74, 6) is 0. The summed E-state index contributed by atoms with van der Waals surface area (Å²) in [5, 5.41) is 10.3. The van der Waals surface area contributed by atoms with Gasteiger partial charge in [0.15, 0.2) is 0 Å². The molecule has 0 amide bonds. The van der Waals surface area contributed by atoms with Gasteiger partial charge in [-0.25, -0.2) is 5.11 Å². The fourth-order valence-corrected chi connectivity index (χ4v) is 1.57. The van der Waals surface area contributed by atoms with Crippen molar-refractivity contribution in [2.75, 3.05) is 13.2 Å². The first-order chi connectivity index (χ1) is 5.25. The van der Waals surface area contributed by atoms with Crippen molar-refractivity contribution in [1.29, 1.82) is 0 Å². The molecule has 0 saturated heterocycles. The molecule has 0 aliphatic carbocycles. The average molecular weight is 154 g/mol. The average Bonchev–Trinajstić information content (AvgIpc) is 2.29. The molecule has 2 atom stereocenters. The van der Waals surface area contributed by atoms with Crippen LogP contribution in [0.4, 0.5) is 0 Å². The molecule has 63 valence electrons. The lowest BCUT2D eigenvalue weighted by atomic mass is 10.3. The van der Waals surface area contributed by atoms with Gasteiger partial charge in [0.2, 0.25) is 0 Å². The minimum Gasteiger partial charge on any atom is -0.291 e. The van der Waals surface area contributed by atoms with E-state index in [9.17, 15) is 5.11 Å². The van der Waals surface area contributed by atoms with E-state index in [1.165, 1.54) is 0 Å². The second kappa shape index (κ2) is 3.88. The molecule has 11 heavy (non-hydrogen) atoms. The second-order valence-corrected chi connectivity index (χ2v) is 3.16. The van der Waals surface area contributed by atoms with Crippen molar-refractivity contribution in [2.24, 2.45) is 0 Å². The summed E-state index contributed by atoms with van der Waals surface area (Å²) >= 11 is 0. The molecule has 0 N–H and O–H groups in total. The lowest BCUT2D eigenvalue weighted by molar-refractivity contribution is 0.154. The number of rotatable bonds is 3. The van der Waals surface area contributed by atoms with Gasteiger partial charge in [0.25, 0.3) is 0 Å². The maximum Gasteiger partial charge on any atom is 0.0834 e. The first-order valence-electron chi connectivity index (χ1n) is 4.28. The van der Waals surface area contributed by atoms with E-state index in [0.717, 1.165) is 13.0 Å². The van der Waals surface area contributed by atoms with Gasteiger partial charge >= 0.3 is 0 Å². The van der Waals surface area contributed by atoms with Crippen LogP contribution in [0.15, 0.2) is 12.2 Å². The van der Waals surface area contributed by atoms with E-state index < -0.39 is 0 Å². The highest BCUT2D eigenvalue weighted by atomic mass is 16.3. The van der Waals surface area contributed by atoms with E-state index in [-0.39, 0.29) is 6.61 Å². The predicted octanol–water partition coefficient (Wildman–Crippen LogP) is 1.46. The van der Waals surface area contributed by atoms with E-state index in [2.05, 4.69) is 30.9 Å². The van der Waals surface area contributed by atoms with Crippen LogP contribution >= 0.6 is 0 Å². The Kier molecular flexibility index (Phi) is 3.09. The Morgan fingerprint density at radius 1 is 1.27 bits per heavy atom. The van der Waals surface area contributed by atoms with Crippen molar-refractivity contribution in [1.82, 2.24) is 4.90 Å². The van der Waals surface area contributed by atoms with Crippen LogP contribution in [0, 0.1) is 0 Å². The zero-order valence-corrected chi connectivity index (χ0v) is 7.29. The molecule has 1 rings (SSSR count). The molecule has 1 radical (unpaired) electrons. The van der Waals surface area contributed by atoms with Crippen LogP contribution in [-0.2, 0) is 5.11 Å². The first kappa shape index (κ1) is 8.75. The monoisotopic (exact) mass is 154 g/mol. The van der Waals surface area contributed by atoms with E-state index in [1.807, 2.05) is 0 Å². The molecule has 0 aromatic heterocycles. The second-order valence-electron chi connectivity index (χ2n) is 3.16.